The fourth-order valence-corrected chi connectivity index (χ4v) is 2.04. The van der Waals surface area contributed by atoms with Crippen LogP contribution in [0.4, 0.5) is 0 Å². The second-order valence-corrected chi connectivity index (χ2v) is 5.90. The van der Waals surface area contributed by atoms with Crippen LogP contribution in [0.15, 0.2) is 0 Å². The van der Waals surface area contributed by atoms with Crippen molar-refractivity contribution in [3.63, 3.8) is 0 Å². The summed E-state index contributed by atoms with van der Waals surface area (Å²) >= 11 is 0. The van der Waals surface area contributed by atoms with E-state index in [-0.39, 0.29) is 11.8 Å². The molecule has 0 spiro atoms. The standard InChI is InChI=1S/C16H35N3O/c1-5-9-15(4)18-11-8-6-7-10-17-12-13-19-16(20)14(2)3/h14-15,17-18H,5-13H2,1-4H3,(H,19,20). The van der Waals surface area contributed by atoms with Gasteiger partial charge in [-0.1, -0.05) is 33.6 Å². The maximum Gasteiger partial charge on any atom is 0.222 e. The van der Waals surface area contributed by atoms with Crippen molar-refractivity contribution in [2.75, 3.05) is 26.2 Å². The number of hydrogen-bond donors (Lipinski definition) is 3. The number of nitrogens with one attached hydrogen (secondary N) is 3. The van der Waals surface area contributed by atoms with E-state index in [1.807, 2.05) is 13.8 Å². The molecule has 0 fully saturated rings. The van der Waals surface area contributed by atoms with Gasteiger partial charge in [0, 0.05) is 25.0 Å². The van der Waals surface area contributed by atoms with Crippen LogP contribution in [0.1, 0.15) is 59.8 Å². The zero-order valence-corrected chi connectivity index (χ0v) is 13.9. The number of hydrogen-bond acceptors (Lipinski definition) is 3. The van der Waals surface area contributed by atoms with Gasteiger partial charge in [-0.15, -0.1) is 0 Å². The van der Waals surface area contributed by atoms with E-state index in [0.717, 1.165) is 26.2 Å². The van der Waals surface area contributed by atoms with Gasteiger partial charge in [0.1, 0.15) is 0 Å². The largest absolute Gasteiger partial charge is 0.355 e. The Kier molecular flexibility index (Phi) is 13.0. The summed E-state index contributed by atoms with van der Waals surface area (Å²) in [5.41, 5.74) is 0. The predicted octanol–water partition coefficient (Wildman–Crippen LogP) is 2.30. The second kappa shape index (κ2) is 13.4. The van der Waals surface area contributed by atoms with Crippen molar-refractivity contribution in [3.05, 3.63) is 0 Å². The van der Waals surface area contributed by atoms with Crippen LogP contribution in [0.3, 0.4) is 0 Å². The summed E-state index contributed by atoms with van der Waals surface area (Å²) in [5, 5.41) is 9.82. The zero-order valence-electron chi connectivity index (χ0n) is 13.9. The smallest absolute Gasteiger partial charge is 0.222 e. The molecule has 0 radical (unpaired) electrons. The van der Waals surface area contributed by atoms with Gasteiger partial charge in [0.05, 0.1) is 0 Å². The summed E-state index contributed by atoms with van der Waals surface area (Å²) in [6, 6.07) is 0.655. The molecule has 1 atom stereocenters. The minimum absolute atomic E-state index is 0.0811. The summed E-state index contributed by atoms with van der Waals surface area (Å²) < 4.78 is 0. The lowest BCUT2D eigenvalue weighted by Crippen LogP contribution is -2.34. The Morgan fingerprint density at radius 2 is 1.65 bits per heavy atom. The molecule has 4 heteroatoms. The Balaban J connectivity index is 3.15. The van der Waals surface area contributed by atoms with Gasteiger partial charge < -0.3 is 16.0 Å². The van der Waals surface area contributed by atoms with E-state index in [2.05, 4.69) is 29.8 Å². The molecule has 0 aromatic carbocycles. The molecular weight excluding hydrogens is 250 g/mol. The molecule has 0 saturated heterocycles. The highest BCUT2D eigenvalue weighted by atomic mass is 16.1. The molecule has 0 bridgehead atoms. The predicted molar refractivity (Wildman–Crippen MR) is 86.9 cm³/mol. The van der Waals surface area contributed by atoms with E-state index < -0.39 is 0 Å². The molecule has 0 heterocycles. The van der Waals surface area contributed by atoms with Crippen LogP contribution in [-0.2, 0) is 4.79 Å². The lowest BCUT2D eigenvalue weighted by molar-refractivity contribution is -0.123. The molecule has 20 heavy (non-hydrogen) atoms. The van der Waals surface area contributed by atoms with Gasteiger partial charge in [-0.05, 0) is 39.3 Å². The SMILES string of the molecule is CCCC(C)NCCCCCNCCNC(=O)C(C)C. The Hall–Kier alpha value is -0.610. The second-order valence-electron chi connectivity index (χ2n) is 5.90. The summed E-state index contributed by atoms with van der Waals surface area (Å²) in [6.07, 6.45) is 6.24. The van der Waals surface area contributed by atoms with Gasteiger partial charge in [-0.25, -0.2) is 0 Å². The highest BCUT2D eigenvalue weighted by molar-refractivity contribution is 5.77. The molecule has 3 N–H and O–H groups in total. The first kappa shape index (κ1) is 19.4. The molecule has 1 amide bonds. The topological polar surface area (TPSA) is 53.2 Å². The molecule has 0 aromatic rings. The molecule has 120 valence electrons. The van der Waals surface area contributed by atoms with Gasteiger partial charge in [0.2, 0.25) is 5.91 Å². The van der Waals surface area contributed by atoms with Crippen molar-refractivity contribution in [1.82, 2.24) is 16.0 Å². The van der Waals surface area contributed by atoms with E-state index in [1.165, 1.54) is 32.1 Å². The highest BCUT2D eigenvalue weighted by Gasteiger charge is 2.04. The number of unbranched alkanes of at least 4 members (excludes halogenated alkanes) is 2. The fraction of sp³-hybridized carbons (Fsp3) is 0.938. The first-order chi connectivity index (χ1) is 9.57. The van der Waals surface area contributed by atoms with Crippen molar-refractivity contribution in [1.29, 1.82) is 0 Å². The Labute approximate surface area is 125 Å². The first-order valence-corrected chi connectivity index (χ1v) is 8.29. The van der Waals surface area contributed by atoms with Gasteiger partial charge in [-0.2, -0.15) is 0 Å². The maximum atomic E-state index is 11.3. The Bertz CT molecular complexity index is 232. The summed E-state index contributed by atoms with van der Waals surface area (Å²) in [7, 11) is 0. The summed E-state index contributed by atoms with van der Waals surface area (Å²) in [5.74, 6) is 0.219. The molecule has 0 saturated carbocycles. The quantitative estimate of drug-likeness (QED) is 0.455. The molecule has 0 aliphatic rings. The highest BCUT2D eigenvalue weighted by Crippen LogP contribution is 1.97. The third-order valence-corrected chi connectivity index (χ3v) is 3.37. The Morgan fingerprint density at radius 3 is 2.30 bits per heavy atom. The molecule has 0 rings (SSSR count). The molecule has 0 aliphatic heterocycles. The van der Waals surface area contributed by atoms with Crippen LogP contribution < -0.4 is 16.0 Å². The minimum Gasteiger partial charge on any atom is -0.355 e. The van der Waals surface area contributed by atoms with Crippen molar-refractivity contribution in [2.24, 2.45) is 5.92 Å². The van der Waals surface area contributed by atoms with Crippen LogP contribution in [0.2, 0.25) is 0 Å². The maximum absolute atomic E-state index is 11.3. The third-order valence-electron chi connectivity index (χ3n) is 3.37. The molecule has 1 unspecified atom stereocenters. The monoisotopic (exact) mass is 285 g/mol. The normalized spacial score (nSPS) is 12.7. The molecular formula is C16H35N3O. The summed E-state index contributed by atoms with van der Waals surface area (Å²) in [4.78, 5) is 11.3. The number of amides is 1. The minimum atomic E-state index is 0.0811. The van der Waals surface area contributed by atoms with Crippen molar-refractivity contribution >= 4 is 5.91 Å². The van der Waals surface area contributed by atoms with Crippen molar-refractivity contribution < 1.29 is 4.79 Å². The number of rotatable bonds is 13. The van der Waals surface area contributed by atoms with E-state index in [0.29, 0.717) is 6.04 Å². The molecule has 4 nitrogen and oxygen atoms in total. The van der Waals surface area contributed by atoms with Crippen LogP contribution >= 0.6 is 0 Å². The molecule has 0 aliphatic carbocycles. The Morgan fingerprint density at radius 1 is 0.950 bits per heavy atom. The fourth-order valence-electron chi connectivity index (χ4n) is 2.04. The number of carbonyl (C=O) groups is 1. The van der Waals surface area contributed by atoms with Gasteiger partial charge >= 0.3 is 0 Å². The van der Waals surface area contributed by atoms with Crippen LogP contribution in [0.5, 0.6) is 0 Å². The van der Waals surface area contributed by atoms with Gasteiger partial charge in [-0.3, -0.25) is 4.79 Å². The van der Waals surface area contributed by atoms with Gasteiger partial charge in [0.15, 0.2) is 0 Å². The van der Waals surface area contributed by atoms with E-state index in [4.69, 9.17) is 0 Å². The van der Waals surface area contributed by atoms with E-state index >= 15 is 0 Å². The lowest BCUT2D eigenvalue weighted by atomic mass is 10.2. The third kappa shape index (κ3) is 12.4. The summed E-state index contributed by atoms with van der Waals surface area (Å²) in [6.45, 7) is 12.1. The van der Waals surface area contributed by atoms with Crippen molar-refractivity contribution in [3.8, 4) is 0 Å². The van der Waals surface area contributed by atoms with Crippen LogP contribution in [0, 0.1) is 5.92 Å². The van der Waals surface area contributed by atoms with Crippen LogP contribution in [-0.4, -0.2) is 38.1 Å². The number of carbonyl (C=O) groups excluding carboxylic acids is 1. The average molecular weight is 285 g/mol. The van der Waals surface area contributed by atoms with E-state index in [9.17, 15) is 4.79 Å². The first-order valence-electron chi connectivity index (χ1n) is 8.29. The zero-order chi connectivity index (χ0) is 15.2. The molecule has 0 aromatic heterocycles. The van der Waals surface area contributed by atoms with Gasteiger partial charge in [0.25, 0.3) is 0 Å². The van der Waals surface area contributed by atoms with E-state index in [1.54, 1.807) is 0 Å². The van der Waals surface area contributed by atoms with Crippen molar-refractivity contribution in [2.45, 2.75) is 65.8 Å². The van der Waals surface area contributed by atoms with Crippen LogP contribution in [0.25, 0.3) is 0 Å². The average Bonchev–Trinajstić information content (AvgIpc) is 2.40. The lowest BCUT2D eigenvalue weighted by Gasteiger charge is -2.12.